The van der Waals surface area contributed by atoms with Crippen molar-refractivity contribution in [3.05, 3.63) is 11.8 Å². The SMILES string of the molecule is CC=NC=C(CC)CC. The second-order valence-corrected chi connectivity index (χ2v) is 1.90. The Bertz CT molecular complexity index is 106. The summed E-state index contributed by atoms with van der Waals surface area (Å²) in [5.41, 5.74) is 1.41. The van der Waals surface area contributed by atoms with Crippen molar-refractivity contribution in [2.45, 2.75) is 33.6 Å². The summed E-state index contributed by atoms with van der Waals surface area (Å²) >= 11 is 0. The number of allylic oxidation sites excluding steroid dienone is 1. The summed E-state index contributed by atoms with van der Waals surface area (Å²) in [4.78, 5) is 4.03. The van der Waals surface area contributed by atoms with Gasteiger partial charge in [0.2, 0.25) is 0 Å². The average Bonchev–Trinajstić information content (AvgIpc) is 1.91. The van der Waals surface area contributed by atoms with E-state index in [-0.39, 0.29) is 0 Å². The van der Waals surface area contributed by atoms with Gasteiger partial charge in [0, 0.05) is 12.4 Å². The summed E-state index contributed by atoms with van der Waals surface area (Å²) in [7, 11) is 0. The third-order valence-electron chi connectivity index (χ3n) is 1.31. The lowest BCUT2D eigenvalue weighted by atomic mass is 10.2. The maximum Gasteiger partial charge on any atom is 0.0255 e. The number of aliphatic imine (C=N–C) groups is 1. The minimum atomic E-state index is 1.12. The Morgan fingerprint density at radius 1 is 1.33 bits per heavy atom. The van der Waals surface area contributed by atoms with Gasteiger partial charge in [-0.3, -0.25) is 4.99 Å². The highest BCUT2D eigenvalue weighted by atomic mass is 14.7. The molecule has 52 valence electrons. The predicted octanol–water partition coefficient (Wildman–Crippen LogP) is 2.78. The van der Waals surface area contributed by atoms with E-state index >= 15 is 0 Å². The fourth-order valence-electron chi connectivity index (χ4n) is 0.613. The van der Waals surface area contributed by atoms with Crippen molar-refractivity contribution in [2.24, 2.45) is 4.99 Å². The molecule has 0 bridgehead atoms. The maximum atomic E-state index is 4.03. The summed E-state index contributed by atoms with van der Waals surface area (Å²) in [6.45, 7) is 6.24. The molecule has 0 rings (SSSR count). The minimum Gasteiger partial charge on any atom is -0.269 e. The molecule has 0 aromatic heterocycles. The second-order valence-electron chi connectivity index (χ2n) is 1.90. The Morgan fingerprint density at radius 3 is 2.22 bits per heavy atom. The number of nitrogens with zero attached hydrogens (tertiary/aromatic N) is 1. The zero-order valence-electron chi connectivity index (χ0n) is 6.52. The molecule has 0 saturated heterocycles. The molecule has 9 heavy (non-hydrogen) atoms. The van der Waals surface area contributed by atoms with Crippen LogP contribution in [0.5, 0.6) is 0 Å². The Balaban J connectivity index is 3.75. The fourth-order valence-corrected chi connectivity index (χ4v) is 0.613. The van der Waals surface area contributed by atoms with Crippen LogP contribution in [-0.4, -0.2) is 6.21 Å². The van der Waals surface area contributed by atoms with E-state index in [1.54, 1.807) is 0 Å². The van der Waals surface area contributed by atoms with Gasteiger partial charge in [0.25, 0.3) is 0 Å². The minimum absolute atomic E-state index is 1.12. The zero-order chi connectivity index (χ0) is 7.11. The first kappa shape index (κ1) is 8.41. The number of rotatable bonds is 3. The van der Waals surface area contributed by atoms with Crippen LogP contribution < -0.4 is 0 Å². The van der Waals surface area contributed by atoms with Gasteiger partial charge in [0.15, 0.2) is 0 Å². The fraction of sp³-hybridized carbons (Fsp3) is 0.625. The second kappa shape index (κ2) is 5.54. The molecule has 0 radical (unpaired) electrons. The molecular formula is C8H15N. The van der Waals surface area contributed by atoms with Crippen LogP contribution in [0.2, 0.25) is 0 Å². The summed E-state index contributed by atoms with van der Waals surface area (Å²) in [6, 6.07) is 0. The van der Waals surface area contributed by atoms with E-state index in [1.165, 1.54) is 5.57 Å². The van der Waals surface area contributed by atoms with Gasteiger partial charge >= 0.3 is 0 Å². The third kappa shape index (κ3) is 3.95. The first-order valence-corrected chi connectivity index (χ1v) is 3.50. The highest BCUT2D eigenvalue weighted by Gasteiger charge is 1.84. The van der Waals surface area contributed by atoms with Crippen LogP contribution in [-0.2, 0) is 0 Å². The maximum absolute atomic E-state index is 4.03. The topological polar surface area (TPSA) is 12.4 Å². The van der Waals surface area contributed by atoms with Crippen LogP contribution in [0.25, 0.3) is 0 Å². The molecule has 0 saturated carbocycles. The molecule has 0 aromatic rings. The van der Waals surface area contributed by atoms with Gasteiger partial charge < -0.3 is 0 Å². The zero-order valence-corrected chi connectivity index (χ0v) is 6.52. The summed E-state index contributed by atoms with van der Waals surface area (Å²) in [6.07, 6.45) is 5.99. The van der Waals surface area contributed by atoms with E-state index in [0.29, 0.717) is 0 Å². The van der Waals surface area contributed by atoms with E-state index < -0.39 is 0 Å². The molecule has 0 heterocycles. The Kier molecular flexibility index (Phi) is 5.18. The van der Waals surface area contributed by atoms with Crippen molar-refractivity contribution in [3.63, 3.8) is 0 Å². The van der Waals surface area contributed by atoms with Crippen LogP contribution in [0.3, 0.4) is 0 Å². The van der Waals surface area contributed by atoms with E-state index in [1.807, 2.05) is 19.3 Å². The highest BCUT2D eigenvalue weighted by molar-refractivity contribution is 5.54. The van der Waals surface area contributed by atoms with Gasteiger partial charge in [0.05, 0.1) is 0 Å². The number of hydrogen-bond donors (Lipinski definition) is 0. The molecular weight excluding hydrogens is 110 g/mol. The Hall–Kier alpha value is -0.590. The van der Waals surface area contributed by atoms with Gasteiger partial charge in [-0.2, -0.15) is 0 Å². The summed E-state index contributed by atoms with van der Waals surface area (Å²) in [5.74, 6) is 0. The van der Waals surface area contributed by atoms with Crippen LogP contribution in [0, 0.1) is 0 Å². The number of hydrogen-bond acceptors (Lipinski definition) is 1. The standard InChI is InChI=1S/C8H15N/c1-4-8(5-2)7-9-6-3/h6-7H,4-5H2,1-3H3. The largest absolute Gasteiger partial charge is 0.269 e. The molecule has 0 N–H and O–H groups in total. The molecule has 0 spiro atoms. The Morgan fingerprint density at radius 2 is 1.89 bits per heavy atom. The van der Waals surface area contributed by atoms with Crippen LogP contribution in [0.15, 0.2) is 16.8 Å². The lowest BCUT2D eigenvalue weighted by molar-refractivity contribution is 0.969. The van der Waals surface area contributed by atoms with Crippen molar-refractivity contribution in [1.82, 2.24) is 0 Å². The molecule has 0 aromatic carbocycles. The molecule has 0 aliphatic heterocycles. The quantitative estimate of drug-likeness (QED) is 0.514. The van der Waals surface area contributed by atoms with Crippen molar-refractivity contribution in [3.8, 4) is 0 Å². The Labute approximate surface area is 57.5 Å². The monoisotopic (exact) mass is 125 g/mol. The van der Waals surface area contributed by atoms with E-state index in [2.05, 4.69) is 18.8 Å². The van der Waals surface area contributed by atoms with E-state index in [4.69, 9.17) is 0 Å². The van der Waals surface area contributed by atoms with Crippen molar-refractivity contribution >= 4 is 6.21 Å². The smallest absolute Gasteiger partial charge is 0.0255 e. The first-order chi connectivity index (χ1) is 4.35. The summed E-state index contributed by atoms with van der Waals surface area (Å²) in [5, 5.41) is 0. The molecule has 0 aliphatic rings. The molecule has 0 fully saturated rings. The molecule has 1 heteroatoms. The molecule has 0 amide bonds. The predicted molar refractivity (Wildman–Crippen MR) is 42.8 cm³/mol. The lowest BCUT2D eigenvalue weighted by Gasteiger charge is -1.93. The molecule has 0 unspecified atom stereocenters. The van der Waals surface area contributed by atoms with Gasteiger partial charge in [-0.25, -0.2) is 0 Å². The van der Waals surface area contributed by atoms with E-state index in [0.717, 1.165) is 12.8 Å². The third-order valence-corrected chi connectivity index (χ3v) is 1.31. The van der Waals surface area contributed by atoms with Gasteiger partial charge in [-0.15, -0.1) is 0 Å². The van der Waals surface area contributed by atoms with Crippen molar-refractivity contribution < 1.29 is 0 Å². The van der Waals surface area contributed by atoms with Crippen LogP contribution >= 0.6 is 0 Å². The van der Waals surface area contributed by atoms with Crippen molar-refractivity contribution in [2.75, 3.05) is 0 Å². The molecule has 0 aliphatic carbocycles. The first-order valence-electron chi connectivity index (χ1n) is 3.50. The van der Waals surface area contributed by atoms with Crippen molar-refractivity contribution in [1.29, 1.82) is 0 Å². The highest BCUT2D eigenvalue weighted by Crippen LogP contribution is 2.04. The average molecular weight is 125 g/mol. The lowest BCUT2D eigenvalue weighted by Crippen LogP contribution is -1.74. The van der Waals surface area contributed by atoms with Gasteiger partial charge in [0.1, 0.15) is 0 Å². The normalized spacial score (nSPS) is 10.1. The molecule has 1 nitrogen and oxygen atoms in total. The van der Waals surface area contributed by atoms with Crippen LogP contribution in [0.4, 0.5) is 0 Å². The molecule has 0 atom stereocenters. The van der Waals surface area contributed by atoms with Gasteiger partial charge in [-0.1, -0.05) is 19.4 Å². The summed E-state index contributed by atoms with van der Waals surface area (Å²) < 4.78 is 0. The van der Waals surface area contributed by atoms with Crippen LogP contribution in [0.1, 0.15) is 33.6 Å². The van der Waals surface area contributed by atoms with Gasteiger partial charge in [-0.05, 0) is 19.8 Å². The van der Waals surface area contributed by atoms with E-state index in [9.17, 15) is 0 Å².